The maximum atomic E-state index is 12.4. The lowest BCUT2D eigenvalue weighted by atomic mass is 9.95. The van der Waals surface area contributed by atoms with Crippen LogP contribution in [0.4, 0.5) is 17.6 Å². The van der Waals surface area contributed by atoms with Crippen molar-refractivity contribution in [2.45, 2.75) is 33.1 Å². The first-order valence-corrected chi connectivity index (χ1v) is 4.53. The molecule has 0 aliphatic heterocycles. The highest BCUT2D eigenvalue weighted by atomic mass is 19.4. The average molecular weight is 230 g/mol. The molecule has 0 saturated carbocycles. The molecule has 0 aliphatic carbocycles. The number of rotatable bonds is 4. The maximum absolute atomic E-state index is 12.4. The van der Waals surface area contributed by atoms with Gasteiger partial charge in [-0.05, 0) is 12.8 Å². The lowest BCUT2D eigenvalue weighted by molar-refractivity contribution is -0.206. The van der Waals surface area contributed by atoms with Gasteiger partial charge in [-0.3, -0.25) is 4.79 Å². The molecule has 0 fully saturated rings. The quantitative estimate of drug-likeness (QED) is 0.548. The van der Waals surface area contributed by atoms with Crippen LogP contribution in [0.3, 0.4) is 0 Å². The standard InChI is InChI=1S/C9H14F4O2/c1-5(2)7(9(11,12)13)8(14)15-4-6(3)10/h5-7H,4H2,1-3H3. The second kappa shape index (κ2) is 5.32. The average Bonchev–Trinajstić information content (AvgIpc) is 1.96. The van der Waals surface area contributed by atoms with E-state index in [2.05, 4.69) is 4.74 Å². The molecule has 2 unspecified atom stereocenters. The number of alkyl halides is 4. The van der Waals surface area contributed by atoms with Crippen LogP contribution in [0.1, 0.15) is 20.8 Å². The van der Waals surface area contributed by atoms with Crippen molar-refractivity contribution >= 4 is 5.97 Å². The van der Waals surface area contributed by atoms with E-state index in [1.807, 2.05) is 0 Å². The Bertz CT molecular complexity index is 211. The van der Waals surface area contributed by atoms with Gasteiger partial charge < -0.3 is 4.74 Å². The Morgan fingerprint density at radius 1 is 1.27 bits per heavy atom. The van der Waals surface area contributed by atoms with Crippen LogP contribution in [0.15, 0.2) is 0 Å². The van der Waals surface area contributed by atoms with Crippen molar-refractivity contribution in [1.29, 1.82) is 0 Å². The minimum absolute atomic E-state index is 0.641. The summed E-state index contributed by atoms with van der Waals surface area (Å²) in [4.78, 5) is 11.0. The molecule has 0 saturated heterocycles. The minimum atomic E-state index is -4.65. The molecule has 0 bridgehead atoms. The van der Waals surface area contributed by atoms with Gasteiger partial charge in [0.05, 0.1) is 0 Å². The Morgan fingerprint density at radius 2 is 1.73 bits per heavy atom. The lowest BCUT2D eigenvalue weighted by Crippen LogP contribution is -2.36. The first-order valence-electron chi connectivity index (χ1n) is 4.53. The molecule has 0 aliphatic rings. The van der Waals surface area contributed by atoms with E-state index in [1.165, 1.54) is 13.8 Å². The van der Waals surface area contributed by atoms with Gasteiger partial charge in [-0.15, -0.1) is 0 Å². The fourth-order valence-electron chi connectivity index (χ4n) is 1.07. The van der Waals surface area contributed by atoms with Crippen molar-refractivity contribution in [2.75, 3.05) is 6.61 Å². The molecule has 2 atom stereocenters. The zero-order valence-corrected chi connectivity index (χ0v) is 8.77. The molecular formula is C9H14F4O2. The van der Waals surface area contributed by atoms with Gasteiger partial charge in [0.1, 0.15) is 12.8 Å². The Morgan fingerprint density at radius 3 is 2.00 bits per heavy atom. The second-order valence-corrected chi connectivity index (χ2v) is 3.67. The summed E-state index contributed by atoms with van der Waals surface area (Å²) in [6, 6.07) is 0. The number of esters is 1. The molecule has 0 aromatic carbocycles. The normalized spacial score (nSPS) is 16.3. The van der Waals surface area contributed by atoms with E-state index in [-0.39, 0.29) is 0 Å². The predicted molar refractivity (Wildman–Crippen MR) is 45.9 cm³/mol. The Labute approximate surface area is 85.6 Å². The highest BCUT2D eigenvalue weighted by molar-refractivity contribution is 5.73. The second-order valence-electron chi connectivity index (χ2n) is 3.67. The lowest BCUT2D eigenvalue weighted by Gasteiger charge is -2.22. The summed E-state index contributed by atoms with van der Waals surface area (Å²) >= 11 is 0. The molecule has 2 nitrogen and oxygen atoms in total. The van der Waals surface area contributed by atoms with Crippen LogP contribution in [0, 0.1) is 11.8 Å². The number of ether oxygens (including phenoxy) is 1. The van der Waals surface area contributed by atoms with Crippen molar-refractivity contribution < 1.29 is 27.1 Å². The zero-order chi connectivity index (χ0) is 12.2. The van der Waals surface area contributed by atoms with E-state index in [9.17, 15) is 22.4 Å². The number of carbonyl (C=O) groups excluding carboxylic acids is 1. The van der Waals surface area contributed by atoms with Crippen LogP contribution in [0.2, 0.25) is 0 Å². The summed E-state index contributed by atoms with van der Waals surface area (Å²) in [6.45, 7) is 2.99. The molecule has 0 N–H and O–H groups in total. The third-order valence-electron chi connectivity index (χ3n) is 1.73. The van der Waals surface area contributed by atoms with Crippen molar-refractivity contribution in [3.05, 3.63) is 0 Å². The van der Waals surface area contributed by atoms with Gasteiger partial charge in [0.2, 0.25) is 0 Å². The van der Waals surface area contributed by atoms with E-state index >= 15 is 0 Å². The number of hydrogen-bond donors (Lipinski definition) is 0. The maximum Gasteiger partial charge on any atom is 0.402 e. The van der Waals surface area contributed by atoms with Crippen LogP contribution >= 0.6 is 0 Å². The first kappa shape index (κ1) is 14.2. The Balaban J connectivity index is 4.45. The molecule has 0 amide bonds. The Hall–Kier alpha value is -0.810. The van der Waals surface area contributed by atoms with Gasteiger partial charge in [0.15, 0.2) is 5.92 Å². The molecule has 0 radical (unpaired) electrons. The fraction of sp³-hybridized carbons (Fsp3) is 0.889. The van der Waals surface area contributed by atoms with Gasteiger partial charge in [-0.1, -0.05) is 13.8 Å². The van der Waals surface area contributed by atoms with E-state index in [4.69, 9.17) is 0 Å². The van der Waals surface area contributed by atoms with Crippen LogP contribution in [0.5, 0.6) is 0 Å². The summed E-state index contributed by atoms with van der Waals surface area (Å²) in [5.41, 5.74) is 0. The summed E-state index contributed by atoms with van der Waals surface area (Å²) in [5.74, 6) is -4.52. The van der Waals surface area contributed by atoms with Gasteiger partial charge >= 0.3 is 12.1 Å². The molecular weight excluding hydrogens is 216 g/mol. The number of carbonyl (C=O) groups is 1. The fourth-order valence-corrected chi connectivity index (χ4v) is 1.07. The summed E-state index contributed by atoms with van der Waals surface area (Å²) < 4.78 is 53.5. The molecule has 0 aromatic rings. The van der Waals surface area contributed by atoms with E-state index in [0.29, 0.717) is 0 Å². The van der Waals surface area contributed by atoms with Crippen molar-refractivity contribution in [1.82, 2.24) is 0 Å². The van der Waals surface area contributed by atoms with Crippen molar-refractivity contribution in [3.8, 4) is 0 Å². The van der Waals surface area contributed by atoms with Crippen LogP contribution in [0.25, 0.3) is 0 Å². The third-order valence-corrected chi connectivity index (χ3v) is 1.73. The molecule has 0 rings (SSSR count). The van der Waals surface area contributed by atoms with E-state index < -0.39 is 36.8 Å². The molecule has 0 spiro atoms. The minimum Gasteiger partial charge on any atom is -0.462 e. The van der Waals surface area contributed by atoms with Crippen molar-refractivity contribution in [2.24, 2.45) is 11.8 Å². The molecule has 6 heteroatoms. The number of hydrogen-bond acceptors (Lipinski definition) is 2. The predicted octanol–water partition coefficient (Wildman–Crippen LogP) is 2.72. The summed E-state index contributed by atoms with van der Waals surface area (Å²) in [5, 5.41) is 0. The molecule has 90 valence electrons. The Kier molecular flexibility index (Phi) is 5.03. The van der Waals surface area contributed by atoms with Crippen LogP contribution < -0.4 is 0 Å². The highest BCUT2D eigenvalue weighted by Gasteiger charge is 2.47. The highest BCUT2D eigenvalue weighted by Crippen LogP contribution is 2.32. The molecule has 0 heterocycles. The van der Waals surface area contributed by atoms with Crippen molar-refractivity contribution in [3.63, 3.8) is 0 Å². The van der Waals surface area contributed by atoms with E-state index in [0.717, 1.165) is 6.92 Å². The van der Waals surface area contributed by atoms with Gasteiger partial charge in [-0.25, -0.2) is 4.39 Å². The van der Waals surface area contributed by atoms with E-state index in [1.54, 1.807) is 0 Å². The van der Waals surface area contributed by atoms with Gasteiger partial charge in [-0.2, -0.15) is 13.2 Å². The molecule has 15 heavy (non-hydrogen) atoms. The van der Waals surface area contributed by atoms with Crippen LogP contribution in [-0.4, -0.2) is 24.9 Å². The largest absolute Gasteiger partial charge is 0.462 e. The monoisotopic (exact) mass is 230 g/mol. The third kappa shape index (κ3) is 4.99. The zero-order valence-electron chi connectivity index (χ0n) is 8.77. The number of halogens is 4. The smallest absolute Gasteiger partial charge is 0.402 e. The summed E-state index contributed by atoms with van der Waals surface area (Å²) in [7, 11) is 0. The molecule has 0 aromatic heterocycles. The van der Waals surface area contributed by atoms with Crippen LogP contribution in [-0.2, 0) is 9.53 Å². The first-order chi connectivity index (χ1) is 6.66. The van der Waals surface area contributed by atoms with Gasteiger partial charge in [0, 0.05) is 0 Å². The SMILES string of the molecule is CC(F)COC(=O)C(C(C)C)C(F)(F)F. The topological polar surface area (TPSA) is 26.3 Å². The summed E-state index contributed by atoms with van der Waals surface area (Å²) in [6.07, 6.45) is -6.11. The van der Waals surface area contributed by atoms with Gasteiger partial charge in [0.25, 0.3) is 0 Å².